The lowest BCUT2D eigenvalue weighted by Crippen LogP contribution is -1.98. The van der Waals surface area contributed by atoms with E-state index in [9.17, 15) is 0 Å². The molecule has 0 atom stereocenters. The number of halogens is 1. The minimum absolute atomic E-state index is 0.471. The number of nitrogens with zero attached hydrogens (tertiary/aromatic N) is 2. The molecule has 0 bridgehead atoms. The van der Waals surface area contributed by atoms with Gasteiger partial charge in [-0.2, -0.15) is 5.10 Å². The number of aryl methyl sites for hydroxylation is 1. The predicted molar refractivity (Wildman–Crippen MR) is 64.3 cm³/mol. The highest BCUT2D eigenvalue weighted by atomic mass is 35.5. The molecule has 15 heavy (non-hydrogen) atoms. The monoisotopic (exact) mass is 225 g/mol. The summed E-state index contributed by atoms with van der Waals surface area (Å²) in [6.07, 6.45) is 7.87. The first kappa shape index (κ1) is 12.0. The van der Waals surface area contributed by atoms with Crippen LogP contribution in [0.5, 0.6) is 0 Å². The average Bonchev–Trinajstić information content (AvgIpc) is 2.23. The number of pyridine rings is 1. The third-order valence-electron chi connectivity index (χ3n) is 2.29. The maximum Gasteiger partial charge on any atom is 0.138 e. The fourth-order valence-electron chi connectivity index (χ4n) is 1.48. The minimum atomic E-state index is 0.471. The van der Waals surface area contributed by atoms with Crippen LogP contribution in [0.3, 0.4) is 0 Å². The Bertz CT molecular complexity index is 337. The Labute approximate surface area is 95.3 Å². The van der Waals surface area contributed by atoms with Crippen molar-refractivity contribution in [2.45, 2.75) is 32.6 Å². The molecule has 2 N–H and O–H groups in total. The van der Waals surface area contributed by atoms with Crippen LogP contribution in [-0.2, 0) is 6.42 Å². The fraction of sp³-hybridized carbons (Fsp3) is 0.455. The summed E-state index contributed by atoms with van der Waals surface area (Å²) in [5.74, 6) is 5.14. The molecule has 0 aromatic carbocycles. The number of nitrogens with two attached hydrogens (primary N) is 1. The minimum Gasteiger partial charge on any atom is -0.323 e. The standard InChI is InChI=1S/C11H16ClN3/c1-2-3-4-5-9-6-7-14-11(12)10(9)8-15-13/h6-8H,2-5,13H2,1H3/b15-8-. The van der Waals surface area contributed by atoms with Crippen molar-refractivity contribution in [2.24, 2.45) is 10.9 Å². The number of rotatable bonds is 5. The van der Waals surface area contributed by atoms with E-state index in [1.165, 1.54) is 12.8 Å². The SMILES string of the molecule is CCCCCc1ccnc(Cl)c1/C=N\N. The second kappa shape index (κ2) is 6.40. The average molecular weight is 226 g/mol. The predicted octanol–water partition coefficient (Wildman–Crippen LogP) is 2.76. The number of hydrogen-bond donors (Lipinski definition) is 1. The van der Waals surface area contributed by atoms with Crippen LogP contribution in [0.25, 0.3) is 0 Å². The molecule has 0 spiro atoms. The lowest BCUT2D eigenvalue weighted by Gasteiger charge is -2.05. The lowest BCUT2D eigenvalue weighted by molar-refractivity contribution is 0.716. The van der Waals surface area contributed by atoms with Crippen LogP contribution in [0.2, 0.25) is 5.15 Å². The Morgan fingerprint density at radius 2 is 2.33 bits per heavy atom. The molecular formula is C11H16ClN3. The topological polar surface area (TPSA) is 51.3 Å². The van der Waals surface area contributed by atoms with Gasteiger partial charge in [0.15, 0.2) is 0 Å². The summed E-state index contributed by atoms with van der Waals surface area (Å²) in [7, 11) is 0. The van der Waals surface area contributed by atoms with E-state index in [2.05, 4.69) is 17.0 Å². The van der Waals surface area contributed by atoms with E-state index >= 15 is 0 Å². The van der Waals surface area contributed by atoms with Gasteiger partial charge in [0.2, 0.25) is 0 Å². The first-order valence-electron chi connectivity index (χ1n) is 5.16. The summed E-state index contributed by atoms with van der Waals surface area (Å²) >= 11 is 5.96. The smallest absolute Gasteiger partial charge is 0.138 e. The molecule has 82 valence electrons. The van der Waals surface area contributed by atoms with E-state index in [-0.39, 0.29) is 0 Å². The normalized spacial score (nSPS) is 11.1. The van der Waals surface area contributed by atoms with Gasteiger partial charge in [-0.15, -0.1) is 0 Å². The Kier molecular flexibility index (Phi) is 5.12. The van der Waals surface area contributed by atoms with Gasteiger partial charge in [-0.25, -0.2) is 4.98 Å². The summed E-state index contributed by atoms with van der Waals surface area (Å²) in [5, 5.41) is 3.98. The van der Waals surface area contributed by atoms with Crippen molar-refractivity contribution in [1.82, 2.24) is 4.98 Å². The van der Waals surface area contributed by atoms with E-state index in [4.69, 9.17) is 17.4 Å². The second-order valence-electron chi connectivity index (χ2n) is 3.41. The molecule has 0 aliphatic heterocycles. The van der Waals surface area contributed by atoms with Crippen molar-refractivity contribution in [1.29, 1.82) is 0 Å². The maximum absolute atomic E-state index is 5.96. The van der Waals surface area contributed by atoms with E-state index in [1.807, 2.05) is 6.07 Å². The first-order valence-corrected chi connectivity index (χ1v) is 5.54. The number of hydrazone groups is 1. The number of unbranched alkanes of at least 4 members (excludes halogenated alkanes) is 2. The molecule has 0 saturated carbocycles. The zero-order chi connectivity index (χ0) is 11.1. The van der Waals surface area contributed by atoms with E-state index < -0.39 is 0 Å². The molecule has 3 nitrogen and oxygen atoms in total. The van der Waals surface area contributed by atoms with Gasteiger partial charge in [-0.3, -0.25) is 0 Å². The molecule has 4 heteroatoms. The van der Waals surface area contributed by atoms with Crippen LogP contribution in [0, 0.1) is 0 Å². The third kappa shape index (κ3) is 3.51. The zero-order valence-electron chi connectivity index (χ0n) is 8.91. The Morgan fingerprint density at radius 3 is 3.00 bits per heavy atom. The van der Waals surface area contributed by atoms with E-state index in [0.717, 1.165) is 24.0 Å². The molecule has 0 aliphatic carbocycles. The van der Waals surface area contributed by atoms with Gasteiger partial charge in [0.1, 0.15) is 5.15 Å². The van der Waals surface area contributed by atoms with Crippen molar-refractivity contribution >= 4 is 17.8 Å². The van der Waals surface area contributed by atoms with Crippen molar-refractivity contribution in [3.05, 3.63) is 28.5 Å². The highest BCUT2D eigenvalue weighted by Gasteiger charge is 2.05. The summed E-state index contributed by atoms with van der Waals surface area (Å²) < 4.78 is 0. The van der Waals surface area contributed by atoms with Gasteiger partial charge >= 0.3 is 0 Å². The van der Waals surface area contributed by atoms with Crippen LogP contribution < -0.4 is 5.84 Å². The van der Waals surface area contributed by atoms with Gasteiger partial charge in [0.05, 0.1) is 6.21 Å². The van der Waals surface area contributed by atoms with Gasteiger partial charge in [-0.05, 0) is 24.5 Å². The lowest BCUT2D eigenvalue weighted by atomic mass is 10.0. The molecule has 0 aliphatic rings. The van der Waals surface area contributed by atoms with E-state index in [1.54, 1.807) is 12.4 Å². The molecule has 1 aromatic rings. The quantitative estimate of drug-likeness (QED) is 0.275. The van der Waals surface area contributed by atoms with Gasteiger partial charge in [-0.1, -0.05) is 31.4 Å². The summed E-state index contributed by atoms with van der Waals surface area (Å²) in [5.41, 5.74) is 2.01. The van der Waals surface area contributed by atoms with Gasteiger partial charge in [0, 0.05) is 11.8 Å². The molecule has 0 unspecified atom stereocenters. The maximum atomic E-state index is 5.96. The third-order valence-corrected chi connectivity index (χ3v) is 2.59. The Balaban J connectivity index is 2.81. The Morgan fingerprint density at radius 1 is 1.53 bits per heavy atom. The Hall–Kier alpha value is -1.09. The molecule has 0 saturated heterocycles. The zero-order valence-corrected chi connectivity index (χ0v) is 9.67. The molecule has 1 rings (SSSR count). The molecule has 0 fully saturated rings. The van der Waals surface area contributed by atoms with Crippen LogP contribution in [0.1, 0.15) is 37.3 Å². The number of hydrogen-bond acceptors (Lipinski definition) is 3. The van der Waals surface area contributed by atoms with Crippen LogP contribution in [-0.4, -0.2) is 11.2 Å². The molecule has 0 radical (unpaired) electrons. The molecule has 0 amide bonds. The van der Waals surface area contributed by atoms with Crippen LogP contribution in [0.4, 0.5) is 0 Å². The van der Waals surface area contributed by atoms with Gasteiger partial charge < -0.3 is 5.84 Å². The highest BCUT2D eigenvalue weighted by Crippen LogP contribution is 2.17. The van der Waals surface area contributed by atoms with E-state index in [0.29, 0.717) is 5.15 Å². The fourth-order valence-corrected chi connectivity index (χ4v) is 1.71. The van der Waals surface area contributed by atoms with Gasteiger partial charge in [0.25, 0.3) is 0 Å². The summed E-state index contributed by atoms with van der Waals surface area (Å²) in [6, 6.07) is 1.97. The van der Waals surface area contributed by atoms with Crippen molar-refractivity contribution < 1.29 is 0 Å². The van der Waals surface area contributed by atoms with Crippen LogP contribution >= 0.6 is 11.6 Å². The largest absolute Gasteiger partial charge is 0.323 e. The van der Waals surface area contributed by atoms with Crippen molar-refractivity contribution in [2.75, 3.05) is 0 Å². The van der Waals surface area contributed by atoms with Crippen LogP contribution in [0.15, 0.2) is 17.4 Å². The van der Waals surface area contributed by atoms with Crippen molar-refractivity contribution in [3.8, 4) is 0 Å². The molecular weight excluding hydrogens is 210 g/mol. The summed E-state index contributed by atoms with van der Waals surface area (Å²) in [6.45, 7) is 2.18. The molecule has 1 heterocycles. The highest BCUT2D eigenvalue weighted by molar-refractivity contribution is 6.32. The first-order chi connectivity index (χ1) is 7.29. The number of aromatic nitrogens is 1. The molecule has 1 aromatic heterocycles. The second-order valence-corrected chi connectivity index (χ2v) is 3.77. The van der Waals surface area contributed by atoms with Crippen molar-refractivity contribution in [3.63, 3.8) is 0 Å². The summed E-state index contributed by atoms with van der Waals surface area (Å²) in [4.78, 5) is 4.01.